The number of hydrogen-bond donors (Lipinski definition) is 1. The summed E-state index contributed by atoms with van der Waals surface area (Å²) < 4.78 is 6.15. The van der Waals surface area contributed by atoms with Gasteiger partial charge in [0, 0.05) is 0 Å². The molecule has 1 N–H and O–H groups in total. The summed E-state index contributed by atoms with van der Waals surface area (Å²) in [6.07, 6.45) is 1.97. The first-order valence-corrected chi connectivity index (χ1v) is 6.90. The molecule has 0 bridgehead atoms. The third kappa shape index (κ3) is 2.78. The van der Waals surface area contributed by atoms with Gasteiger partial charge < -0.3 is 9.52 Å². The highest BCUT2D eigenvalue weighted by atomic mass is 79.9. The first-order chi connectivity index (χ1) is 8.40. The van der Waals surface area contributed by atoms with Gasteiger partial charge in [-0.15, -0.1) is 0 Å². The summed E-state index contributed by atoms with van der Waals surface area (Å²) >= 11 is 3.26. The topological polar surface area (TPSA) is 53.7 Å². The number of likely N-dealkylation sites (tertiary alicyclic amines) is 1. The smallest absolute Gasteiger partial charge is 0.321 e. The molecule has 1 aliphatic rings. The monoisotopic (exact) mass is 315 g/mol. The van der Waals surface area contributed by atoms with Gasteiger partial charge in [0.1, 0.15) is 11.8 Å². The first kappa shape index (κ1) is 13.6. The number of carboxylic acid groups (broad SMARTS) is 1. The van der Waals surface area contributed by atoms with Crippen LogP contribution >= 0.6 is 15.9 Å². The van der Waals surface area contributed by atoms with E-state index >= 15 is 0 Å². The summed E-state index contributed by atoms with van der Waals surface area (Å²) in [4.78, 5) is 13.5. The van der Waals surface area contributed by atoms with Crippen molar-refractivity contribution >= 4 is 21.9 Å². The fourth-order valence-electron chi connectivity index (χ4n) is 2.80. The van der Waals surface area contributed by atoms with E-state index in [-0.39, 0.29) is 5.41 Å². The van der Waals surface area contributed by atoms with Gasteiger partial charge in [-0.1, -0.05) is 13.8 Å². The Bertz CT molecular complexity index is 441. The van der Waals surface area contributed by atoms with Gasteiger partial charge in [0.05, 0.1) is 6.54 Å². The minimum Gasteiger partial charge on any atom is -0.480 e. The van der Waals surface area contributed by atoms with Gasteiger partial charge >= 0.3 is 5.97 Å². The molecule has 0 aliphatic carbocycles. The quantitative estimate of drug-likeness (QED) is 0.931. The van der Waals surface area contributed by atoms with E-state index in [1.807, 2.05) is 30.9 Å². The summed E-state index contributed by atoms with van der Waals surface area (Å²) in [7, 11) is 0. The van der Waals surface area contributed by atoms with Crippen molar-refractivity contribution in [1.82, 2.24) is 4.90 Å². The van der Waals surface area contributed by atoms with Crippen molar-refractivity contribution in [3.05, 3.63) is 22.6 Å². The van der Waals surface area contributed by atoms with Crippen LogP contribution in [0.2, 0.25) is 0 Å². The fourth-order valence-corrected chi connectivity index (χ4v) is 3.14. The van der Waals surface area contributed by atoms with Crippen LogP contribution in [0.25, 0.3) is 0 Å². The van der Waals surface area contributed by atoms with E-state index in [0.29, 0.717) is 11.2 Å². The van der Waals surface area contributed by atoms with Gasteiger partial charge in [-0.3, -0.25) is 9.69 Å². The third-order valence-corrected chi connectivity index (χ3v) is 4.02. The van der Waals surface area contributed by atoms with Gasteiger partial charge in [0.25, 0.3) is 0 Å². The lowest BCUT2D eigenvalue weighted by atomic mass is 9.76. The van der Waals surface area contributed by atoms with Crippen LogP contribution in [0, 0.1) is 5.41 Å². The van der Waals surface area contributed by atoms with Crippen molar-refractivity contribution in [2.75, 3.05) is 6.54 Å². The molecule has 1 aromatic heterocycles. The average Bonchev–Trinajstić information content (AvgIpc) is 2.61. The second-order valence-corrected chi connectivity index (χ2v) is 6.29. The fraction of sp³-hybridized carbons (Fsp3) is 0.615. The average molecular weight is 316 g/mol. The van der Waals surface area contributed by atoms with Gasteiger partial charge in [-0.05, 0) is 52.9 Å². The standard InChI is InChI=1S/C13H18BrNO3/c1-13(2)6-3-7-15(11(13)12(16)17)8-9-4-5-10(14)18-9/h4-5,11H,3,6-8H2,1-2H3,(H,16,17). The molecule has 0 saturated carbocycles. The summed E-state index contributed by atoms with van der Waals surface area (Å²) in [5.74, 6) is 0.0520. The van der Waals surface area contributed by atoms with E-state index in [4.69, 9.17) is 4.42 Å². The molecular formula is C13H18BrNO3. The summed E-state index contributed by atoms with van der Waals surface area (Å²) in [6, 6.07) is 3.26. The number of carboxylic acids is 1. The second kappa shape index (κ2) is 5.05. The Morgan fingerprint density at radius 2 is 2.33 bits per heavy atom. The van der Waals surface area contributed by atoms with E-state index in [2.05, 4.69) is 15.9 Å². The number of carbonyl (C=O) groups is 1. The van der Waals surface area contributed by atoms with Crippen LogP contribution in [0.5, 0.6) is 0 Å². The largest absolute Gasteiger partial charge is 0.480 e. The SMILES string of the molecule is CC1(C)CCCN(Cc2ccc(Br)o2)C1C(=O)O. The van der Waals surface area contributed by atoms with Crippen LogP contribution in [-0.4, -0.2) is 28.6 Å². The molecule has 2 heterocycles. The highest BCUT2D eigenvalue weighted by Gasteiger charge is 2.42. The Balaban J connectivity index is 2.17. The van der Waals surface area contributed by atoms with E-state index in [1.165, 1.54) is 0 Å². The number of piperidine rings is 1. The Morgan fingerprint density at radius 1 is 1.61 bits per heavy atom. The maximum atomic E-state index is 11.5. The molecule has 4 nitrogen and oxygen atoms in total. The lowest BCUT2D eigenvalue weighted by molar-refractivity contribution is -0.151. The minimum absolute atomic E-state index is 0.200. The Morgan fingerprint density at radius 3 is 2.89 bits per heavy atom. The van der Waals surface area contributed by atoms with Crippen LogP contribution in [0.4, 0.5) is 0 Å². The van der Waals surface area contributed by atoms with E-state index in [0.717, 1.165) is 25.1 Å². The summed E-state index contributed by atoms with van der Waals surface area (Å²) in [5.41, 5.74) is -0.200. The van der Waals surface area contributed by atoms with E-state index in [1.54, 1.807) is 0 Å². The van der Waals surface area contributed by atoms with Gasteiger partial charge in [-0.25, -0.2) is 0 Å². The number of nitrogens with zero attached hydrogens (tertiary/aromatic N) is 1. The van der Waals surface area contributed by atoms with Gasteiger partial charge in [-0.2, -0.15) is 0 Å². The lowest BCUT2D eigenvalue weighted by Crippen LogP contribution is -2.53. The molecule has 18 heavy (non-hydrogen) atoms. The number of rotatable bonds is 3. The van der Waals surface area contributed by atoms with Crippen LogP contribution in [0.15, 0.2) is 21.2 Å². The van der Waals surface area contributed by atoms with Gasteiger partial charge in [0.2, 0.25) is 0 Å². The molecule has 1 atom stereocenters. The van der Waals surface area contributed by atoms with Crippen molar-refractivity contribution in [3.8, 4) is 0 Å². The molecule has 0 radical (unpaired) electrons. The molecule has 0 aromatic carbocycles. The summed E-state index contributed by atoms with van der Waals surface area (Å²) in [5, 5.41) is 9.45. The van der Waals surface area contributed by atoms with Crippen molar-refractivity contribution in [3.63, 3.8) is 0 Å². The maximum absolute atomic E-state index is 11.5. The Hall–Kier alpha value is -0.810. The zero-order valence-corrected chi connectivity index (χ0v) is 12.2. The molecule has 1 aliphatic heterocycles. The van der Waals surface area contributed by atoms with Crippen molar-refractivity contribution in [1.29, 1.82) is 0 Å². The molecule has 1 aromatic rings. The molecule has 1 unspecified atom stereocenters. The molecule has 100 valence electrons. The van der Waals surface area contributed by atoms with Crippen LogP contribution < -0.4 is 0 Å². The predicted molar refractivity (Wildman–Crippen MR) is 71.3 cm³/mol. The normalized spacial score (nSPS) is 24.1. The number of aliphatic carboxylic acids is 1. The number of halogens is 1. The van der Waals surface area contributed by atoms with Crippen LogP contribution in [-0.2, 0) is 11.3 Å². The third-order valence-electron chi connectivity index (χ3n) is 3.59. The van der Waals surface area contributed by atoms with Crippen LogP contribution in [0.3, 0.4) is 0 Å². The minimum atomic E-state index is -0.745. The van der Waals surface area contributed by atoms with Crippen LogP contribution in [0.1, 0.15) is 32.4 Å². The second-order valence-electron chi connectivity index (χ2n) is 5.51. The summed E-state index contributed by atoms with van der Waals surface area (Å²) in [6.45, 7) is 5.40. The number of hydrogen-bond acceptors (Lipinski definition) is 3. The lowest BCUT2D eigenvalue weighted by Gasteiger charge is -2.43. The zero-order chi connectivity index (χ0) is 13.3. The van der Waals surface area contributed by atoms with E-state index in [9.17, 15) is 9.90 Å². The first-order valence-electron chi connectivity index (χ1n) is 6.11. The Kier molecular flexibility index (Phi) is 3.82. The maximum Gasteiger partial charge on any atom is 0.321 e. The predicted octanol–water partition coefficient (Wildman–Crippen LogP) is 3.12. The molecule has 0 amide bonds. The molecule has 5 heteroatoms. The highest BCUT2D eigenvalue weighted by Crippen LogP contribution is 2.36. The van der Waals surface area contributed by atoms with Gasteiger partial charge in [0.15, 0.2) is 4.67 Å². The van der Waals surface area contributed by atoms with Crippen molar-refractivity contribution < 1.29 is 14.3 Å². The number of furan rings is 1. The zero-order valence-electron chi connectivity index (χ0n) is 10.6. The molecular weight excluding hydrogens is 298 g/mol. The molecule has 2 rings (SSSR count). The molecule has 1 fully saturated rings. The molecule has 1 saturated heterocycles. The Labute approximate surface area is 115 Å². The van der Waals surface area contributed by atoms with Crippen molar-refractivity contribution in [2.24, 2.45) is 5.41 Å². The van der Waals surface area contributed by atoms with Crippen molar-refractivity contribution in [2.45, 2.75) is 39.3 Å². The van der Waals surface area contributed by atoms with E-state index < -0.39 is 12.0 Å². The highest BCUT2D eigenvalue weighted by molar-refractivity contribution is 9.10. The molecule has 0 spiro atoms.